The van der Waals surface area contributed by atoms with Gasteiger partial charge in [-0.2, -0.15) is 0 Å². The molecule has 0 heterocycles. The Morgan fingerprint density at radius 3 is 2.14 bits per heavy atom. The Morgan fingerprint density at radius 2 is 1.50 bits per heavy atom. The summed E-state index contributed by atoms with van der Waals surface area (Å²) >= 11 is 0. The standard InChI is InChI=1S/C25H27NO2/c1-3-22(19-9-5-4-6-10-19)25(23-11-7-8-12-24(23)27-2)20-13-15-21(16-14-20)28-18-17-26/h4-16H,3,17-18,26H2,1-2H3/b25-22+. The van der Waals surface area contributed by atoms with E-state index >= 15 is 0 Å². The van der Waals surface area contributed by atoms with Crippen LogP contribution in [0.2, 0.25) is 0 Å². The van der Waals surface area contributed by atoms with Crippen LogP contribution < -0.4 is 15.2 Å². The predicted octanol–water partition coefficient (Wildman–Crippen LogP) is 5.40. The van der Waals surface area contributed by atoms with Gasteiger partial charge in [0, 0.05) is 12.1 Å². The molecule has 0 aromatic heterocycles. The van der Waals surface area contributed by atoms with Crippen LogP contribution in [-0.4, -0.2) is 20.3 Å². The van der Waals surface area contributed by atoms with Gasteiger partial charge in [0.1, 0.15) is 18.1 Å². The molecule has 0 aliphatic heterocycles. The minimum absolute atomic E-state index is 0.502. The number of hydrogen-bond donors (Lipinski definition) is 1. The number of ether oxygens (including phenoxy) is 2. The first-order valence-corrected chi connectivity index (χ1v) is 9.63. The van der Waals surface area contributed by atoms with Crippen LogP contribution in [0.3, 0.4) is 0 Å². The largest absolute Gasteiger partial charge is 0.496 e. The number of methoxy groups -OCH3 is 1. The first-order valence-electron chi connectivity index (χ1n) is 9.63. The van der Waals surface area contributed by atoms with E-state index in [9.17, 15) is 0 Å². The fraction of sp³-hybridized carbons (Fsp3) is 0.200. The first-order chi connectivity index (χ1) is 13.8. The second-order valence-electron chi connectivity index (χ2n) is 6.43. The fourth-order valence-corrected chi connectivity index (χ4v) is 3.40. The highest BCUT2D eigenvalue weighted by Crippen LogP contribution is 2.38. The first kappa shape index (κ1) is 19.7. The summed E-state index contributed by atoms with van der Waals surface area (Å²) in [6, 6.07) is 26.9. The minimum Gasteiger partial charge on any atom is -0.496 e. The molecule has 0 fully saturated rings. The van der Waals surface area contributed by atoms with Crippen molar-refractivity contribution in [3.63, 3.8) is 0 Å². The van der Waals surface area contributed by atoms with Gasteiger partial charge in [-0.05, 0) is 46.9 Å². The summed E-state index contributed by atoms with van der Waals surface area (Å²) < 4.78 is 11.3. The van der Waals surface area contributed by atoms with Gasteiger partial charge in [0.25, 0.3) is 0 Å². The lowest BCUT2D eigenvalue weighted by atomic mass is 9.88. The summed E-state index contributed by atoms with van der Waals surface area (Å²) in [4.78, 5) is 0. The number of hydrogen-bond acceptors (Lipinski definition) is 3. The maximum absolute atomic E-state index is 5.68. The lowest BCUT2D eigenvalue weighted by molar-refractivity contribution is 0.328. The van der Waals surface area contributed by atoms with Crippen LogP contribution in [0, 0.1) is 0 Å². The van der Waals surface area contributed by atoms with Gasteiger partial charge in [-0.1, -0.05) is 67.6 Å². The highest BCUT2D eigenvalue weighted by atomic mass is 16.5. The van der Waals surface area contributed by atoms with Crippen LogP contribution >= 0.6 is 0 Å². The summed E-state index contributed by atoms with van der Waals surface area (Å²) in [5, 5.41) is 0. The SMILES string of the molecule is CC/C(=C(/c1ccc(OCCN)cc1)c1ccccc1OC)c1ccccc1. The van der Waals surface area contributed by atoms with Crippen LogP contribution in [0.1, 0.15) is 30.0 Å². The van der Waals surface area contributed by atoms with E-state index < -0.39 is 0 Å². The zero-order valence-electron chi connectivity index (χ0n) is 16.5. The summed E-state index contributed by atoms with van der Waals surface area (Å²) in [5.41, 5.74) is 11.4. The Kier molecular flexibility index (Phi) is 6.88. The summed E-state index contributed by atoms with van der Waals surface area (Å²) in [6.07, 6.45) is 0.906. The van der Waals surface area contributed by atoms with Crippen molar-refractivity contribution in [2.75, 3.05) is 20.3 Å². The van der Waals surface area contributed by atoms with Crippen molar-refractivity contribution >= 4 is 11.1 Å². The number of allylic oxidation sites excluding steroid dienone is 1. The predicted molar refractivity (Wildman–Crippen MR) is 117 cm³/mol. The summed E-state index contributed by atoms with van der Waals surface area (Å²) in [7, 11) is 1.72. The van der Waals surface area contributed by atoms with Crippen molar-refractivity contribution in [1.82, 2.24) is 0 Å². The van der Waals surface area contributed by atoms with Crippen molar-refractivity contribution in [2.24, 2.45) is 5.73 Å². The molecule has 2 N–H and O–H groups in total. The summed E-state index contributed by atoms with van der Waals surface area (Å²) in [5.74, 6) is 1.69. The van der Waals surface area contributed by atoms with Crippen LogP contribution in [0.4, 0.5) is 0 Å². The van der Waals surface area contributed by atoms with Crippen molar-refractivity contribution in [1.29, 1.82) is 0 Å². The van der Waals surface area contributed by atoms with Crippen LogP contribution in [0.15, 0.2) is 78.9 Å². The van der Waals surface area contributed by atoms with Crippen LogP contribution in [-0.2, 0) is 0 Å². The van der Waals surface area contributed by atoms with E-state index in [1.807, 2.05) is 30.3 Å². The van der Waals surface area contributed by atoms with Gasteiger partial charge in [-0.25, -0.2) is 0 Å². The highest BCUT2D eigenvalue weighted by Gasteiger charge is 2.16. The van der Waals surface area contributed by atoms with Gasteiger partial charge in [-0.3, -0.25) is 0 Å². The zero-order valence-corrected chi connectivity index (χ0v) is 16.5. The maximum atomic E-state index is 5.68. The van der Waals surface area contributed by atoms with E-state index in [-0.39, 0.29) is 0 Å². The quantitative estimate of drug-likeness (QED) is 0.538. The van der Waals surface area contributed by atoms with E-state index in [1.54, 1.807) is 7.11 Å². The third-order valence-electron chi connectivity index (χ3n) is 4.68. The molecule has 0 unspecified atom stereocenters. The Balaban J connectivity index is 2.19. The second kappa shape index (κ2) is 9.77. The van der Waals surface area contributed by atoms with Gasteiger partial charge in [0.05, 0.1) is 7.11 Å². The lowest BCUT2D eigenvalue weighted by Gasteiger charge is -2.19. The van der Waals surface area contributed by atoms with Crippen molar-refractivity contribution < 1.29 is 9.47 Å². The highest BCUT2D eigenvalue weighted by molar-refractivity contribution is 6.00. The molecular formula is C25H27NO2. The van der Waals surface area contributed by atoms with Gasteiger partial charge < -0.3 is 15.2 Å². The molecule has 0 aliphatic rings. The van der Waals surface area contributed by atoms with Crippen molar-refractivity contribution in [3.8, 4) is 11.5 Å². The normalized spacial score (nSPS) is 11.7. The molecule has 3 aromatic rings. The molecule has 3 nitrogen and oxygen atoms in total. The van der Waals surface area contributed by atoms with E-state index in [0.29, 0.717) is 13.2 Å². The van der Waals surface area contributed by atoms with E-state index in [2.05, 4.69) is 55.5 Å². The second-order valence-corrected chi connectivity index (χ2v) is 6.43. The number of nitrogens with two attached hydrogens (primary N) is 1. The Morgan fingerprint density at radius 1 is 0.821 bits per heavy atom. The van der Waals surface area contributed by atoms with Crippen molar-refractivity contribution in [2.45, 2.75) is 13.3 Å². The van der Waals surface area contributed by atoms with E-state index in [1.165, 1.54) is 16.7 Å². The molecule has 0 radical (unpaired) electrons. The van der Waals surface area contributed by atoms with Gasteiger partial charge in [0.2, 0.25) is 0 Å². The van der Waals surface area contributed by atoms with Gasteiger partial charge >= 0.3 is 0 Å². The molecule has 28 heavy (non-hydrogen) atoms. The molecule has 0 bridgehead atoms. The fourth-order valence-electron chi connectivity index (χ4n) is 3.40. The molecule has 3 heteroatoms. The zero-order chi connectivity index (χ0) is 19.8. The van der Waals surface area contributed by atoms with Crippen molar-refractivity contribution in [3.05, 3.63) is 95.6 Å². The Hall–Kier alpha value is -3.04. The molecule has 3 aromatic carbocycles. The molecule has 0 atom stereocenters. The average molecular weight is 373 g/mol. The summed E-state index contributed by atoms with van der Waals surface area (Å²) in [6.45, 7) is 3.21. The minimum atomic E-state index is 0.502. The number of rotatable bonds is 8. The number of benzene rings is 3. The van der Waals surface area contributed by atoms with E-state index in [0.717, 1.165) is 29.0 Å². The molecular weight excluding hydrogens is 346 g/mol. The molecule has 0 spiro atoms. The Labute approximate surface area is 167 Å². The van der Waals surface area contributed by atoms with E-state index in [4.69, 9.17) is 15.2 Å². The third kappa shape index (κ3) is 4.44. The van der Waals surface area contributed by atoms with Gasteiger partial charge in [-0.15, -0.1) is 0 Å². The smallest absolute Gasteiger partial charge is 0.126 e. The van der Waals surface area contributed by atoms with Crippen LogP contribution in [0.25, 0.3) is 11.1 Å². The average Bonchev–Trinajstić information content (AvgIpc) is 2.77. The monoisotopic (exact) mass is 373 g/mol. The maximum Gasteiger partial charge on any atom is 0.126 e. The molecule has 3 rings (SSSR count). The topological polar surface area (TPSA) is 44.5 Å². The van der Waals surface area contributed by atoms with Gasteiger partial charge in [0.15, 0.2) is 0 Å². The molecule has 0 amide bonds. The Bertz CT molecular complexity index is 915. The number of para-hydroxylation sites is 1. The molecule has 0 aliphatic carbocycles. The van der Waals surface area contributed by atoms with Crippen LogP contribution in [0.5, 0.6) is 11.5 Å². The lowest BCUT2D eigenvalue weighted by Crippen LogP contribution is -2.10. The molecule has 0 saturated carbocycles. The third-order valence-corrected chi connectivity index (χ3v) is 4.68. The molecule has 0 saturated heterocycles. The molecule has 144 valence electrons.